The first-order chi connectivity index (χ1) is 14.2. The summed E-state index contributed by atoms with van der Waals surface area (Å²) in [6.07, 6.45) is 5.18. The van der Waals surface area contributed by atoms with Crippen LogP contribution in [0.3, 0.4) is 0 Å². The van der Waals surface area contributed by atoms with Crippen molar-refractivity contribution in [2.24, 2.45) is 5.92 Å². The van der Waals surface area contributed by atoms with E-state index in [4.69, 9.17) is 4.52 Å². The minimum absolute atomic E-state index is 0.0121. The SMILES string of the molecule is CCSc1nnc(NC(=O)[C@H]2CCCN(Cc3nc(-c4ccncc4)no3)C2)s1. The number of anilines is 1. The molecule has 0 saturated carbocycles. The molecule has 11 heteroatoms. The Morgan fingerprint density at radius 3 is 3.07 bits per heavy atom. The average Bonchev–Trinajstić information content (AvgIpc) is 3.39. The first-order valence-electron chi connectivity index (χ1n) is 9.43. The highest BCUT2D eigenvalue weighted by atomic mass is 32.2. The largest absolute Gasteiger partial charge is 0.338 e. The van der Waals surface area contributed by atoms with Crippen molar-refractivity contribution in [1.82, 2.24) is 30.2 Å². The third-order valence-electron chi connectivity index (χ3n) is 4.55. The van der Waals surface area contributed by atoms with Crippen molar-refractivity contribution in [1.29, 1.82) is 0 Å². The van der Waals surface area contributed by atoms with Gasteiger partial charge in [-0.25, -0.2) is 0 Å². The molecule has 1 aliphatic rings. The Labute approximate surface area is 176 Å². The average molecular weight is 432 g/mol. The van der Waals surface area contributed by atoms with Crippen molar-refractivity contribution in [2.45, 2.75) is 30.6 Å². The maximum absolute atomic E-state index is 12.7. The molecule has 1 N–H and O–H groups in total. The Morgan fingerprint density at radius 1 is 1.38 bits per heavy atom. The van der Waals surface area contributed by atoms with E-state index in [1.165, 1.54) is 11.3 Å². The molecule has 4 rings (SSSR count). The Morgan fingerprint density at radius 2 is 2.24 bits per heavy atom. The molecular formula is C18H21N7O2S2. The van der Waals surface area contributed by atoms with Crippen molar-refractivity contribution in [3.8, 4) is 11.4 Å². The van der Waals surface area contributed by atoms with Gasteiger partial charge in [-0.1, -0.05) is 35.2 Å². The second-order valence-corrected chi connectivity index (χ2v) is 9.11. The second-order valence-electron chi connectivity index (χ2n) is 6.62. The number of amides is 1. The Bertz CT molecular complexity index is 947. The summed E-state index contributed by atoms with van der Waals surface area (Å²) >= 11 is 3.03. The Hall–Kier alpha value is -2.37. The van der Waals surface area contributed by atoms with Crippen LogP contribution in [0.25, 0.3) is 11.4 Å². The lowest BCUT2D eigenvalue weighted by molar-refractivity contribution is -0.121. The fraction of sp³-hybridized carbons (Fsp3) is 0.444. The zero-order valence-corrected chi connectivity index (χ0v) is 17.6. The second kappa shape index (κ2) is 9.42. The Kier molecular flexibility index (Phi) is 6.47. The monoisotopic (exact) mass is 431 g/mol. The van der Waals surface area contributed by atoms with E-state index in [2.05, 4.69) is 42.5 Å². The van der Waals surface area contributed by atoms with Gasteiger partial charge in [0.05, 0.1) is 12.5 Å². The summed E-state index contributed by atoms with van der Waals surface area (Å²) in [5.41, 5.74) is 0.864. The van der Waals surface area contributed by atoms with Gasteiger partial charge in [-0.15, -0.1) is 10.2 Å². The third kappa shape index (κ3) is 5.17. The van der Waals surface area contributed by atoms with Gasteiger partial charge in [-0.05, 0) is 37.3 Å². The van der Waals surface area contributed by atoms with E-state index >= 15 is 0 Å². The number of likely N-dealkylation sites (tertiary alicyclic amines) is 1. The van der Waals surface area contributed by atoms with E-state index in [1.807, 2.05) is 12.1 Å². The number of pyridine rings is 1. The predicted octanol–water partition coefficient (Wildman–Crippen LogP) is 2.95. The number of aromatic nitrogens is 5. The molecule has 9 nitrogen and oxygen atoms in total. The van der Waals surface area contributed by atoms with Crippen molar-refractivity contribution in [3.05, 3.63) is 30.4 Å². The maximum Gasteiger partial charge on any atom is 0.241 e. The van der Waals surface area contributed by atoms with Gasteiger partial charge in [0.2, 0.25) is 22.8 Å². The lowest BCUT2D eigenvalue weighted by Gasteiger charge is -2.30. The van der Waals surface area contributed by atoms with Crippen LogP contribution in [0.2, 0.25) is 0 Å². The Balaban J connectivity index is 1.33. The minimum atomic E-state index is -0.0995. The molecular weight excluding hydrogens is 410 g/mol. The first-order valence-corrected chi connectivity index (χ1v) is 11.2. The van der Waals surface area contributed by atoms with Crippen molar-refractivity contribution in [3.63, 3.8) is 0 Å². The van der Waals surface area contributed by atoms with Crippen LogP contribution in [0.4, 0.5) is 5.13 Å². The van der Waals surface area contributed by atoms with Gasteiger partial charge < -0.3 is 9.84 Å². The number of hydrogen-bond donors (Lipinski definition) is 1. The first kappa shape index (κ1) is 19.9. The zero-order valence-electron chi connectivity index (χ0n) is 15.9. The van der Waals surface area contributed by atoms with E-state index in [1.54, 1.807) is 24.2 Å². The standard InChI is InChI=1S/C18H21N7O2S2/c1-2-28-18-23-22-17(29-18)21-16(26)13-4-3-9-25(10-13)11-14-20-15(24-27-14)12-5-7-19-8-6-12/h5-8,13H,2-4,9-11H2,1H3,(H,21,22,26)/t13-/m0/s1. The zero-order chi connectivity index (χ0) is 20.1. The lowest BCUT2D eigenvalue weighted by Crippen LogP contribution is -2.40. The number of nitrogens with one attached hydrogen (secondary N) is 1. The molecule has 1 fully saturated rings. The highest BCUT2D eigenvalue weighted by molar-refractivity contribution is 8.01. The van der Waals surface area contributed by atoms with Crippen LogP contribution in [-0.4, -0.2) is 55.0 Å². The van der Waals surface area contributed by atoms with Crippen molar-refractivity contribution >= 4 is 34.1 Å². The molecule has 3 aromatic heterocycles. The van der Waals surface area contributed by atoms with Crippen LogP contribution in [0.1, 0.15) is 25.7 Å². The van der Waals surface area contributed by atoms with Crippen LogP contribution >= 0.6 is 23.1 Å². The van der Waals surface area contributed by atoms with Crippen LogP contribution in [0.15, 0.2) is 33.4 Å². The van der Waals surface area contributed by atoms with Crippen LogP contribution in [0.5, 0.6) is 0 Å². The molecule has 1 saturated heterocycles. The molecule has 1 aliphatic heterocycles. The summed E-state index contributed by atoms with van der Waals surface area (Å²) < 4.78 is 6.27. The van der Waals surface area contributed by atoms with Gasteiger partial charge in [-0.2, -0.15) is 4.98 Å². The fourth-order valence-electron chi connectivity index (χ4n) is 3.19. The highest BCUT2D eigenvalue weighted by Gasteiger charge is 2.27. The number of carbonyl (C=O) groups excluding carboxylic acids is 1. The fourth-order valence-corrected chi connectivity index (χ4v) is 4.84. The molecule has 3 aromatic rings. The van der Waals surface area contributed by atoms with E-state index in [0.29, 0.717) is 29.9 Å². The van der Waals surface area contributed by atoms with Gasteiger partial charge in [0.1, 0.15) is 0 Å². The van der Waals surface area contributed by atoms with Crippen LogP contribution in [-0.2, 0) is 11.3 Å². The normalized spacial score (nSPS) is 17.3. The van der Waals surface area contributed by atoms with E-state index in [0.717, 1.165) is 35.0 Å². The van der Waals surface area contributed by atoms with Crippen molar-refractivity contribution < 1.29 is 9.32 Å². The van der Waals surface area contributed by atoms with Gasteiger partial charge in [0.25, 0.3) is 0 Å². The lowest BCUT2D eigenvalue weighted by atomic mass is 9.97. The molecule has 0 unspecified atom stereocenters. The summed E-state index contributed by atoms with van der Waals surface area (Å²) in [5, 5.41) is 15.6. The number of rotatable bonds is 7. The molecule has 0 bridgehead atoms. The highest BCUT2D eigenvalue weighted by Crippen LogP contribution is 2.26. The van der Waals surface area contributed by atoms with Gasteiger partial charge >= 0.3 is 0 Å². The summed E-state index contributed by atoms with van der Waals surface area (Å²) in [7, 11) is 0. The minimum Gasteiger partial charge on any atom is -0.338 e. The van der Waals surface area contributed by atoms with E-state index in [-0.39, 0.29) is 11.8 Å². The summed E-state index contributed by atoms with van der Waals surface area (Å²) in [4.78, 5) is 23.3. The molecule has 0 aliphatic carbocycles. The number of carbonyl (C=O) groups is 1. The van der Waals surface area contributed by atoms with Gasteiger partial charge in [0, 0.05) is 24.5 Å². The third-order valence-corrected chi connectivity index (χ3v) is 6.40. The van der Waals surface area contributed by atoms with Crippen LogP contribution in [0, 0.1) is 5.92 Å². The summed E-state index contributed by atoms with van der Waals surface area (Å²) in [6, 6.07) is 3.68. The smallest absolute Gasteiger partial charge is 0.241 e. The number of nitrogens with zero attached hydrogens (tertiary/aromatic N) is 6. The van der Waals surface area contributed by atoms with Gasteiger partial charge in [-0.3, -0.25) is 14.7 Å². The van der Waals surface area contributed by atoms with E-state index < -0.39 is 0 Å². The number of hydrogen-bond acceptors (Lipinski definition) is 10. The van der Waals surface area contributed by atoms with Crippen molar-refractivity contribution in [2.75, 3.05) is 24.2 Å². The maximum atomic E-state index is 12.7. The quantitative estimate of drug-likeness (QED) is 0.446. The molecule has 1 atom stereocenters. The molecule has 0 aromatic carbocycles. The molecule has 1 amide bonds. The molecule has 0 spiro atoms. The molecule has 4 heterocycles. The molecule has 152 valence electrons. The topological polar surface area (TPSA) is 110 Å². The summed E-state index contributed by atoms with van der Waals surface area (Å²) in [5.74, 6) is 1.91. The molecule has 29 heavy (non-hydrogen) atoms. The van der Waals surface area contributed by atoms with E-state index in [9.17, 15) is 4.79 Å². The molecule has 0 radical (unpaired) electrons. The van der Waals surface area contributed by atoms with Crippen LogP contribution < -0.4 is 5.32 Å². The number of piperidine rings is 1. The number of thioether (sulfide) groups is 1. The summed E-state index contributed by atoms with van der Waals surface area (Å²) in [6.45, 7) is 4.13. The predicted molar refractivity (Wildman–Crippen MR) is 110 cm³/mol. The van der Waals surface area contributed by atoms with Gasteiger partial charge in [0.15, 0.2) is 4.34 Å².